The summed E-state index contributed by atoms with van der Waals surface area (Å²) in [6.45, 7) is 3.33. The molecular weight excluding hydrogens is 246 g/mol. The Labute approximate surface area is 94.7 Å². The van der Waals surface area contributed by atoms with E-state index in [1.165, 1.54) is 0 Å². The van der Waals surface area contributed by atoms with Gasteiger partial charge in [-0.1, -0.05) is 18.2 Å². The number of nitrogens with one attached hydrogen (secondary N) is 1. The molecule has 0 fully saturated rings. The Morgan fingerprint density at radius 1 is 1.38 bits per heavy atom. The van der Waals surface area contributed by atoms with E-state index >= 15 is 0 Å². The molecule has 0 aliphatic carbocycles. The van der Waals surface area contributed by atoms with E-state index in [0.717, 1.165) is 6.07 Å². The van der Waals surface area contributed by atoms with Gasteiger partial charge < -0.3 is 5.32 Å². The van der Waals surface area contributed by atoms with Crippen LogP contribution in [0.1, 0.15) is 5.56 Å². The van der Waals surface area contributed by atoms with Gasteiger partial charge in [0.05, 0.1) is 17.8 Å². The molecule has 0 saturated carbocycles. The van der Waals surface area contributed by atoms with Crippen LogP contribution in [-0.4, -0.2) is 6.54 Å². The molecule has 0 saturated heterocycles. The minimum absolute atomic E-state index is 0.000212. The molecule has 0 heterocycles. The van der Waals surface area contributed by atoms with Crippen LogP contribution in [0.3, 0.4) is 0 Å². The Kier molecular flexibility index (Phi) is 3.80. The van der Waals surface area contributed by atoms with Crippen LogP contribution < -0.4 is 5.32 Å². The topological polar surface area (TPSA) is 12.0 Å². The highest BCUT2D eigenvalue weighted by molar-refractivity contribution is 6.29. The Morgan fingerprint density at radius 3 is 2.50 bits per heavy atom. The highest BCUT2D eigenvalue weighted by atomic mass is 35.5. The fraction of sp³-hybridized carbons (Fsp3) is 0.200. The van der Waals surface area contributed by atoms with Gasteiger partial charge in [0.1, 0.15) is 5.82 Å². The van der Waals surface area contributed by atoms with Crippen molar-refractivity contribution in [2.45, 2.75) is 6.18 Å². The van der Waals surface area contributed by atoms with Crippen LogP contribution in [0.15, 0.2) is 29.8 Å². The largest absolute Gasteiger partial charge is 0.416 e. The first-order valence-electron chi connectivity index (χ1n) is 4.24. The summed E-state index contributed by atoms with van der Waals surface area (Å²) in [4.78, 5) is 0. The lowest BCUT2D eigenvalue weighted by Gasteiger charge is -2.11. The van der Waals surface area contributed by atoms with E-state index in [1.807, 2.05) is 0 Å². The van der Waals surface area contributed by atoms with Gasteiger partial charge in [0.25, 0.3) is 0 Å². The summed E-state index contributed by atoms with van der Waals surface area (Å²) in [7, 11) is 0. The molecule has 0 amide bonds. The maximum absolute atomic E-state index is 13.1. The fourth-order valence-corrected chi connectivity index (χ4v) is 1.10. The molecule has 0 aliphatic rings. The molecule has 0 aromatic heterocycles. The van der Waals surface area contributed by atoms with Gasteiger partial charge in [0.2, 0.25) is 0 Å². The predicted octanol–water partition coefficient (Wildman–Crippen LogP) is 4.01. The lowest BCUT2D eigenvalue weighted by molar-refractivity contribution is -0.137. The van der Waals surface area contributed by atoms with Crippen LogP contribution >= 0.6 is 11.6 Å². The average molecular weight is 254 g/mol. The number of hydrogen-bond acceptors (Lipinski definition) is 1. The van der Waals surface area contributed by atoms with E-state index in [4.69, 9.17) is 11.6 Å². The molecule has 0 spiro atoms. The smallest absolute Gasteiger partial charge is 0.378 e. The molecule has 1 rings (SSSR count). The SMILES string of the molecule is C=C(Cl)CNc1cc(C(F)(F)F)ccc1F. The molecule has 1 aromatic rings. The van der Waals surface area contributed by atoms with Gasteiger partial charge in [-0.2, -0.15) is 13.2 Å². The van der Waals surface area contributed by atoms with E-state index in [2.05, 4.69) is 11.9 Å². The normalized spacial score (nSPS) is 11.3. The summed E-state index contributed by atoms with van der Waals surface area (Å²) in [5.41, 5.74) is -1.17. The van der Waals surface area contributed by atoms with Crippen molar-refractivity contribution >= 4 is 17.3 Å². The van der Waals surface area contributed by atoms with E-state index in [0.29, 0.717) is 12.1 Å². The number of anilines is 1. The van der Waals surface area contributed by atoms with Gasteiger partial charge in [0, 0.05) is 5.03 Å². The van der Waals surface area contributed by atoms with Gasteiger partial charge in [0.15, 0.2) is 0 Å². The standard InChI is InChI=1S/C10H8ClF4N/c1-6(11)5-16-9-4-7(10(13,14)15)2-3-8(9)12/h2-4,16H,1,5H2. The third-order valence-corrected chi connectivity index (χ3v) is 1.90. The minimum atomic E-state index is -4.50. The Morgan fingerprint density at radius 2 is 2.00 bits per heavy atom. The van der Waals surface area contributed by atoms with Crippen molar-refractivity contribution in [3.63, 3.8) is 0 Å². The summed E-state index contributed by atoms with van der Waals surface area (Å²) in [5, 5.41) is 2.60. The van der Waals surface area contributed by atoms with E-state index in [1.54, 1.807) is 0 Å². The molecule has 0 aliphatic heterocycles. The van der Waals surface area contributed by atoms with Crippen molar-refractivity contribution in [3.8, 4) is 0 Å². The number of rotatable bonds is 3. The van der Waals surface area contributed by atoms with Gasteiger partial charge in [-0.25, -0.2) is 4.39 Å². The fourth-order valence-electron chi connectivity index (χ4n) is 1.03. The third-order valence-electron chi connectivity index (χ3n) is 1.76. The zero-order valence-electron chi connectivity index (χ0n) is 8.04. The molecule has 88 valence electrons. The van der Waals surface area contributed by atoms with Crippen LogP contribution in [0.5, 0.6) is 0 Å². The van der Waals surface area contributed by atoms with Gasteiger partial charge in [-0.15, -0.1) is 0 Å². The van der Waals surface area contributed by atoms with Crippen molar-refractivity contribution < 1.29 is 17.6 Å². The van der Waals surface area contributed by atoms with Gasteiger partial charge >= 0.3 is 6.18 Å². The monoisotopic (exact) mass is 253 g/mol. The van der Waals surface area contributed by atoms with E-state index in [9.17, 15) is 17.6 Å². The van der Waals surface area contributed by atoms with Crippen LogP contribution in [0.25, 0.3) is 0 Å². The number of halogens is 5. The number of alkyl halides is 3. The summed E-state index contributed by atoms with van der Waals surface area (Å²) >= 11 is 5.41. The molecule has 1 aromatic carbocycles. The summed E-state index contributed by atoms with van der Waals surface area (Å²) < 4.78 is 50.0. The molecular formula is C10H8ClF4N. The summed E-state index contributed by atoms with van der Waals surface area (Å²) in [6.07, 6.45) is -4.50. The van der Waals surface area contributed by atoms with Gasteiger partial charge in [-0.3, -0.25) is 0 Å². The molecule has 16 heavy (non-hydrogen) atoms. The second-order valence-corrected chi connectivity index (χ2v) is 3.60. The van der Waals surface area contributed by atoms with E-state index in [-0.39, 0.29) is 17.3 Å². The van der Waals surface area contributed by atoms with Crippen molar-refractivity contribution in [2.75, 3.05) is 11.9 Å². The van der Waals surface area contributed by atoms with Crippen LogP contribution in [-0.2, 0) is 6.18 Å². The molecule has 0 bridgehead atoms. The van der Waals surface area contributed by atoms with Crippen molar-refractivity contribution in [3.05, 3.63) is 41.2 Å². The number of hydrogen-bond donors (Lipinski definition) is 1. The summed E-state index contributed by atoms with van der Waals surface area (Å²) in [5.74, 6) is -0.772. The zero-order valence-corrected chi connectivity index (χ0v) is 8.79. The molecule has 1 nitrogen and oxygen atoms in total. The van der Waals surface area contributed by atoms with Gasteiger partial charge in [-0.05, 0) is 18.2 Å². The van der Waals surface area contributed by atoms with Crippen molar-refractivity contribution in [2.24, 2.45) is 0 Å². The lowest BCUT2D eigenvalue weighted by atomic mass is 10.2. The van der Waals surface area contributed by atoms with Crippen LogP contribution in [0.4, 0.5) is 23.2 Å². The molecule has 0 unspecified atom stereocenters. The first-order valence-corrected chi connectivity index (χ1v) is 4.62. The highest BCUT2D eigenvalue weighted by Gasteiger charge is 2.31. The maximum Gasteiger partial charge on any atom is 0.416 e. The Balaban J connectivity index is 2.95. The second kappa shape index (κ2) is 4.74. The first-order chi connectivity index (χ1) is 7.30. The summed E-state index contributed by atoms with van der Waals surface area (Å²) in [6, 6.07) is 2.12. The first kappa shape index (κ1) is 12.8. The minimum Gasteiger partial charge on any atom is -0.378 e. The van der Waals surface area contributed by atoms with Crippen LogP contribution in [0.2, 0.25) is 0 Å². The Hall–Kier alpha value is -1.23. The number of benzene rings is 1. The molecule has 0 radical (unpaired) electrons. The quantitative estimate of drug-likeness (QED) is 0.803. The lowest BCUT2D eigenvalue weighted by Crippen LogP contribution is -2.08. The van der Waals surface area contributed by atoms with Crippen LogP contribution in [0, 0.1) is 5.82 Å². The zero-order chi connectivity index (χ0) is 12.3. The molecule has 1 N–H and O–H groups in total. The Bertz CT molecular complexity index is 400. The second-order valence-electron chi connectivity index (χ2n) is 3.06. The molecule has 0 atom stereocenters. The predicted molar refractivity (Wildman–Crippen MR) is 54.9 cm³/mol. The maximum atomic E-state index is 13.1. The third kappa shape index (κ3) is 3.41. The molecule has 6 heteroatoms. The van der Waals surface area contributed by atoms with E-state index < -0.39 is 17.6 Å². The average Bonchev–Trinajstić information content (AvgIpc) is 2.14. The van der Waals surface area contributed by atoms with Crippen molar-refractivity contribution in [1.29, 1.82) is 0 Å². The van der Waals surface area contributed by atoms with Crippen molar-refractivity contribution in [1.82, 2.24) is 0 Å². The highest BCUT2D eigenvalue weighted by Crippen LogP contribution is 2.31.